The Morgan fingerprint density at radius 2 is 2.00 bits per heavy atom. The highest BCUT2D eigenvalue weighted by Crippen LogP contribution is 2.32. The Balaban J connectivity index is 1.69. The molecule has 0 amide bonds. The van der Waals surface area contributed by atoms with Gasteiger partial charge in [-0.25, -0.2) is 0 Å². The third kappa shape index (κ3) is 2.86. The van der Waals surface area contributed by atoms with Crippen LogP contribution >= 0.6 is 0 Å². The molecule has 1 aromatic carbocycles. The maximum Gasteiger partial charge on any atom is 0.162 e. The van der Waals surface area contributed by atoms with Crippen LogP contribution in [-0.2, 0) is 20.3 Å². The summed E-state index contributed by atoms with van der Waals surface area (Å²) in [4.78, 5) is 12.6. The molecular weight excluding hydrogens is 280 g/mol. The first kappa shape index (κ1) is 13.6. The Kier molecular flexibility index (Phi) is 4.03. The first-order valence-corrected chi connectivity index (χ1v) is 7.94. The van der Waals surface area contributed by atoms with Gasteiger partial charge in [0.1, 0.15) is 13.2 Å². The van der Waals surface area contributed by atoms with E-state index in [-0.39, 0.29) is 17.5 Å². The van der Waals surface area contributed by atoms with Gasteiger partial charge in [-0.05, 0) is 18.6 Å². The number of rotatable bonds is 4. The summed E-state index contributed by atoms with van der Waals surface area (Å²) < 4.78 is 28.3. The molecule has 1 fully saturated rings. The van der Waals surface area contributed by atoms with E-state index >= 15 is 0 Å². The largest absolute Gasteiger partial charge is 0.486 e. The standard InChI is InChI=1S/C14H16O5S/c15-12(10-3-4-17-8-10)9-20(16)11-1-2-13-14(7-11)19-6-5-18-13/h1-2,7,10H,3-6,8-9H2. The van der Waals surface area contributed by atoms with Crippen LogP contribution in [-0.4, -0.2) is 42.2 Å². The maximum atomic E-state index is 12.3. The number of ketones is 1. The van der Waals surface area contributed by atoms with E-state index < -0.39 is 10.8 Å². The number of fused-ring (bicyclic) bond motifs is 1. The van der Waals surface area contributed by atoms with E-state index in [9.17, 15) is 9.00 Å². The van der Waals surface area contributed by atoms with Crippen molar-refractivity contribution in [2.24, 2.45) is 5.92 Å². The molecule has 0 spiro atoms. The van der Waals surface area contributed by atoms with Crippen LogP contribution in [0.25, 0.3) is 0 Å². The molecule has 0 N–H and O–H groups in total. The fraction of sp³-hybridized carbons (Fsp3) is 0.500. The third-order valence-corrected chi connectivity index (χ3v) is 4.76. The van der Waals surface area contributed by atoms with Crippen LogP contribution < -0.4 is 9.47 Å². The number of Topliss-reactive ketones (excluding diaryl/α,β-unsaturated/α-hetero) is 1. The number of carbonyl (C=O) groups excluding carboxylic acids is 1. The van der Waals surface area contributed by atoms with Crippen molar-refractivity contribution >= 4 is 16.6 Å². The number of hydrogen-bond donors (Lipinski definition) is 0. The van der Waals surface area contributed by atoms with Crippen LogP contribution in [0.5, 0.6) is 11.5 Å². The minimum absolute atomic E-state index is 0.00993. The molecule has 2 unspecified atom stereocenters. The molecule has 0 aromatic heterocycles. The van der Waals surface area contributed by atoms with Crippen LogP contribution in [0.2, 0.25) is 0 Å². The normalized spacial score (nSPS) is 22.5. The predicted molar refractivity (Wildman–Crippen MR) is 72.6 cm³/mol. The predicted octanol–water partition coefficient (Wildman–Crippen LogP) is 1.17. The summed E-state index contributed by atoms with van der Waals surface area (Å²) >= 11 is 0. The molecule has 0 radical (unpaired) electrons. The van der Waals surface area contributed by atoms with Crippen molar-refractivity contribution in [2.45, 2.75) is 11.3 Å². The van der Waals surface area contributed by atoms with Crippen molar-refractivity contribution < 1.29 is 23.2 Å². The van der Waals surface area contributed by atoms with E-state index in [1.807, 2.05) is 0 Å². The summed E-state index contributed by atoms with van der Waals surface area (Å²) in [6.45, 7) is 2.08. The van der Waals surface area contributed by atoms with Gasteiger partial charge < -0.3 is 14.2 Å². The van der Waals surface area contributed by atoms with E-state index in [1.54, 1.807) is 18.2 Å². The van der Waals surface area contributed by atoms with Crippen LogP contribution in [0.3, 0.4) is 0 Å². The summed E-state index contributed by atoms with van der Waals surface area (Å²) in [5.74, 6) is 1.20. The van der Waals surface area contributed by atoms with E-state index in [4.69, 9.17) is 14.2 Å². The smallest absolute Gasteiger partial charge is 0.162 e. The van der Waals surface area contributed by atoms with Gasteiger partial charge in [0.15, 0.2) is 17.3 Å². The summed E-state index contributed by atoms with van der Waals surface area (Å²) in [7, 11) is -1.35. The summed E-state index contributed by atoms with van der Waals surface area (Å²) in [6, 6.07) is 5.16. The molecule has 2 aliphatic rings. The molecule has 1 saturated heterocycles. The average Bonchev–Trinajstić information content (AvgIpc) is 3.01. The van der Waals surface area contributed by atoms with Gasteiger partial charge in [-0.3, -0.25) is 9.00 Å². The summed E-state index contributed by atoms with van der Waals surface area (Å²) in [6.07, 6.45) is 0.733. The molecule has 2 heterocycles. The average molecular weight is 296 g/mol. The lowest BCUT2D eigenvalue weighted by molar-refractivity contribution is -0.120. The lowest BCUT2D eigenvalue weighted by Crippen LogP contribution is -2.21. The summed E-state index contributed by atoms with van der Waals surface area (Å²) in [5.41, 5.74) is 0. The fourth-order valence-corrected chi connectivity index (χ4v) is 3.40. The number of ether oxygens (including phenoxy) is 3. The Bertz CT molecular complexity index is 536. The topological polar surface area (TPSA) is 61.8 Å². The van der Waals surface area contributed by atoms with Crippen molar-refractivity contribution in [3.05, 3.63) is 18.2 Å². The molecule has 20 heavy (non-hydrogen) atoms. The summed E-state index contributed by atoms with van der Waals surface area (Å²) in [5, 5.41) is 0. The highest BCUT2D eigenvalue weighted by molar-refractivity contribution is 7.85. The van der Waals surface area contributed by atoms with Gasteiger partial charge in [-0.15, -0.1) is 0 Å². The van der Waals surface area contributed by atoms with Crippen LogP contribution in [0, 0.1) is 5.92 Å². The third-order valence-electron chi connectivity index (χ3n) is 3.43. The second kappa shape index (κ2) is 5.93. The molecule has 108 valence electrons. The molecule has 0 saturated carbocycles. The first-order chi connectivity index (χ1) is 9.74. The molecule has 2 atom stereocenters. The quantitative estimate of drug-likeness (QED) is 0.834. The van der Waals surface area contributed by atoms with Gasteiger partial charge in [0.05, 0.1) is 23.2 Å². The Hall–Kier alpha value is -1.40. The molecular formula is C14H16O5S. The number of carbonyl (C=O) groups is 1. The molecule has 3 rings (SSSR count). The lowest BCUT2D eigenvalue weighted by atomic mass is 10.1. The molecule has 5 nitrogen and oxygen atoms in total. The highest BCUT2D eigenvalue weighted by atomic mass is 32.2. The molecule has 1 aromatic rings. The van der Waals surface area contributed by atoms with Gasteiger partial charge in [-0.2, -0.15) is 0 Å². The van der Waals surface area contributed by atoms with Crippen LogP contribution in [0.1, 0.15) is 6.42 Å². The Labute approximate surface area is 119 Å². The van der Waals surface area contributed by atoms with Crippen molar-refractivity contribution in [1.82, 2.24) is 0 Å². The molecule has 0 bridgehead atoms. The van der Waals surface area contributed by atoms with Crippen molar-refractivity contribution in [3.63, 3.8) is 0 Å². The van der Waals surface area contributed by atoms with E-state index in [0.717, 1.165) is 6.42 Å². The highest BCUT2D eigenvalue weighted by Gasteiger charge is 2.25. The Morgan fingerprint density at radius 3 is 2.75 bits per heavy atom. The Morgan fingerprint density at radius 1 is 1.20 bits per heavy atom. The fourth-order valence-electron chi connectivity index (χ4n) is 2.28. The molecule has 6 heteroatoms. The van der Waals surface area contributed by atoms with E-state index in [0.29, 0.717) is 42.8 Å². The minimum atomic E-state index is -1.35. The van der Waals surface area contributed by atoms with Crippen molar-refractivity contribution in [1.29, 1.82) is 0 Å². The van der Waals surface area contributed by atoms with Gasteiger partial charge in [0, 0.05) is 23.5 Å². The molecule has 0 aliphatic carbocycles. The minimum Gasteiger partial charge on any atom is -0.486 e. The monoisotopic (exact) mass is 296 g/mol. The van der Waals surface area contributed by atoms with Gasteiger partial charge >= 0.3 is 0 Å². The molecule has 2 aliphatic heterocycles. The lowest BCUT2D eigenvalue weighted by Gasteiger charge is -2.18. The zero-order valence-electron chi connectivity index (χ0n) is 11.0. The van der Waals surface area contributed by atoms with Gasteiger partial charge in [0.25, 0.3) is 0 Å². The zero-order chi connectivity index (χ0) is 13.9. The van der Waals surface area contributed by atoms with E-state index in [2.05, 4.69) is 0 Å². The van der Waals surface area contributed by atoms with Gasteiger partial charge in [-0.1, -0.05) is 0 Å². The van der Waals surface area contributed by atoms with Crippen LogP contribution in [0.4, 0.5) is 0 Å². The second-order valence-corrected chi connectivity index (χ2v) is 6.27. The van der Waals surface area contributed by atoms with Gasteiger partial charge in [0.2, 0.25) is 0 Å². The number of benzene rings is 1. The van der Waals surface area contributed by atoms with E-state index in [1.165, 1.54) is 0 Å². The van der Waals surface area contributed by atoms with Crippen LogP contribution in [0.15, 0.2) is 23.1 Å². The first-order valence-electron chi connectivity index (χ1n) is 6.62. The zero-order valence-corrected chi connectivity index (χ0v) is 11.8. The number of hydrogen-bond acceptors (Lipinski definition) is 5. The van der Waals surface area contributed by atoms with Crippen molar-refractivity contribution in [2.75, 3.05) is 32.2 Å². The SMILES string of the molecule is O=C(CS(=O)c1ccc2c(c1)OCCO2)C1CCOC1. The maximum absolute atomic E-state index is 12.3. The van der Waals surface area contributed by atoms with Crippen molar-refractivity contribution in [3.8, 4) is 11.5 Å². The second-order valence-electron chi connectivity index (χ2n) is 4.82.